The summed E-state index contributed by atoms with van der Waals surface area (Å²) in [6.45, 7) is 15.3. The molecule has 4 rings (SSSR count). The molecule has 0 radical (unpaired) electrons. The third kappa shape index (κ3) is 2.13. The first kappa shape index (κ1) is 15.9. The van der Waals surface area contributed by atoms with Crippen LogP contribution in [0.3, 0.4) is 0 Å². The van der Waals surface area contributed by atoms with Crippen LogP contribution in [0.2, 0.25) is 0 Å². The minimum absolute atomic E-state index is 0.0593. The van der Waals surface area contributed by atoms with Crippen LogP contribution in [-0.2, 0) is 9.47 Å². The molecule has 3 aliphatic heterocycles. The van der Waals surface area contributed by atoms with E-state index in [1.165, 1.54) is 12.0 Å². The highest BCUT2D eigenvalue weighted by molar-refractivity contribution is 5.24. The van der Waals surface area contributed by atoms with Crippen molar-refractivity contribution in [3.8, 4) is 0 Å². The van der Waals surface area contributed by atoms with Crippen molar-refractivity contribution in [2.45, 2.75) is 76.5 Å². The molecule has 3 heteroatoms. The zero-order chi connectivity index (χ0) is 16.6. The predicted molar refractivity (Wildman–Crippen MR) is 89.8 cm³/mol. The molecular formula is C20H30O3. The Hall–Kier alpha value is -0.640. The van der Waals surface area contributed by atoms with Crippen molar-refractivity contribution in [2.24, 2.45) is 23.7 Å². The van der Waals surface area contributed by atoms with Crippen molar-refractivity contribution in [1.29, 1.82) is 0 Å². The molecule has 128 valence electrons. The largest absolute Gasteiger partial charge is 0.371 e. The third-order valence-electron chi connectivity index (χ3n) is 7.07. The second-order valence-corrected chi connectivity index (χ2v) is 8.81. The lowest BCUT2D eigenvalue weighted by atomic mass is 9.61. The highest BCUT2D eigenvalue weighted by Gasteiger charge is 2.63. The molecule has 1 N–H and O–H groups in total. The number of hydrogen-bond acceptors (Lipinski definition) is 3. The maximum absolute atomic E-state index is 10.9. The Morgan fingerprint density at radius 2 is 2.00 bits per heavy atom. The number of fused-ring (bicyclic) bond motifs is 8. The molecule has 7 atom stereocenters. The molecule has 1 saturated carbocycles. The van der Waals surface area contributed by atoms with Gasteiger partial charge in [-0.1, -0.05) is 32.6 Å². The molecule has 0 aromatic heterocycles. The van der Waals surface area contributed by atoms with E-state index >= 15 is 0 Å². The highest BCUT2D eigenvalue weighted by atomic mass is 16.7. The van der Waals surface area contributed by atoms with E-state index in [9.17, 15) is 5.11 Å². The molecule has 0 spiro atoms. The van der Waals surface area contributed by atoms with Gasteiger partial charge in [0.1, 0.15) is 0 Å². The van der Waals surface area contributed by atoms with Gasteiger partial charge in [0.05, 0.1) is 17.8 Å². The maximum atomic E-state index is 10.9. The van der Waals surface area contributed by atoms with Crippen LogP contribution in [0.4, 0.5) is 0 Å². The monoisotopic (exact) mass is 318 g/mol. The van der Waals surface area contributed by atoms with Crippen LogP contribution in [-0.4, -0.2) is 28.7 Å². The fraction of sp³-hybridized carbons (Fsp3) is 0.800. The van der Waals surface area contributed by atoms with Gasteiger partial charge in [0.25, 0.3) is 0 Å². The molecule has 1 aliphatic carbocycles. The first-order valence-electron chi connectivity index (χ1n) is 9.19. The first-order valence-corrected chi connectivity index (χ1v) is 9.19. The van der Waals surface area contributed by atoms with Crippen LogP contribution in [0.1, 0.15) is 52.9 Å². The smallest absolute Gasteiger partial charge is 0.188 e. The Labute approximate surface area is 139 Å². The van der Waals surface area contributed by atoms with Crippen molar-refractivity contribution in [3.63, 3.8) is 0 Å². The van der Waals surface area contributed by atoms with Gasteiger partial charge >= 0.3 is 0 Å². The minimum Gasteiger partial charge on any atom is -0.371 e. The van der Waals surface area contributed by atoms with Gasteiger partial charge in [-0.2, -0.15) is 0 Å². The molecule has 23 heavy (non-hydrogen) atoms. The van der Waals surface area contributed by atoms with Gasteiger partial charge in [-0.15, -0.1) is 0 Å². The number of ether oxygens (including phenoxy) is 2. The summed E-state index contributed by atoms with van der Waals surface area (Å²) in [7, 11) is 0. The van der Waals surface area contributed by atoms with E-state index in [1.54, 1.807) is 0 Å². The summed E-state index contributed by atoms with van der Waals surface area (Å²) in [5, 5.41) is 10.9. The molecule has 3 nitrogen and oxygen atoms in total. The van der Waals surface area contributed by atoms with Gasteiger partial charge in [0.15, 0.2) is 5.79 Å². The normalized spacial score (nSPS) is 52.5. The topological polar surface area (TPSA) is 38.7 Å². The maximum Gasteiger partial charge on any atom is 0.188 e. The highest BCUT2D eigenvalue weighted by Crippen LogP contribution is 2.59. The number of hydrogen-bond donors (Lipinski definition) is 1. The quantitative estimate of drug-likeness (QED) is 0.747. The van der Waals surface area contributed by atoms with Crippen molar-refractivity contribution in [2.75, 3.05) is 0 Å². The fourth-order valence-corrected chi connectivity index (χ4v) is 5.80. The lowest BCUT2D eigenvalue weighted by Crippen LogP contribution is -2.49. The first-order chi connectivity index (χ1) is 10.8. The molecule has 4 fully saturated rings. The zero-order valence-electron chi connectivity index (χ0n) is 14.7. The molecule has 3 saturated heterocycles. The van der Waals surface area contributed by atoms with Gasteiger partial charge in [0.2, 0.25) is 0 Å². The van der Waals surface area contributed by atoms with Gasteiger partial charge in [-0.05, 0) is 43.6 Å². The summed E-state index contributed by atoms with van der Waals surface area (Å²) < 4.78 is 12.8. The predicted octanol–water partition coefficient (Wildman–Crippen LogP) is 3.83. The molecule has 4 aliphatic rings. The van der Waals surface area contributed by atoms with Crippen molar-refractivity contribution in [3.05, 3.63) is 24.3 Å². The minimum atomic E-state index is -1.16. The van der Waals surface area contributed by atoms with E-state index in [2.05, 4.69) is 33.9 Å². The van der Waals surface area contributed by atoms with E-state index in [0.29, 0.717) is 36.5 Å². The van der Waals surface area contributed by atoms with Gasteiger partial charge in [-0.3, -0.25) is 0 Å². The number of rotatable bonds is 1. The lowest BCUT2D eigenvalue weighted by Gasteiger charge is -2.43. The van der Waals surface area contributed by atoms with Crippen LogP contribution in [0.15, 0.2) is 24.3 Å². The Kier molecular flexibility index (Phi) is 3.40. The average Bonchev–Trinajstić information content (AvgIpc) is 3.01. The summed E-state index contributed by atoms with van der Waals surface area (Å²) >= 11 is 0. The SMILES string of the molecule is C=C1CC[C@H](C(C)C)[C@@H]2[C@H]1[C@H]1CC(=C)[C@]3(O)CC[C@@](C)(O3)[C@@H]2O1. The Balaban J connectivity index is 1.79. The summed E-state index contributed by atoms with van der Waals surface area (Å²) in [6, 6.07) is 0. The summed E-state index contributed by atoms with van der Waals surface area (Å²) in [4.78, 5) is 0. The third-order valence-corrected chi connectivity index (χ3v) is 7.07. The van der Waals surface area contributed by atoms with Crippen molar-refractivity contribution < 1.29 is 14.6 Å². The molecular weight excluding hydrogens is 288 g/mol. The van der Waals surface area contributed by atoms with Crippen molar-refractivity contribution in [1.82, 2.24) is 0 Å². The van der Waals surface area contributed by atoms with E-state index in [1.807, 2.05) is 0 Å². The van der Waals surface area contributed by atoms with E-state index in [-0.39, 0.29) is 12.2 Å². The van der Waals surface area contributed by atoms with Gasteiger partial charge in [0, 0.05) is 24.7 Å². The molecule has 0 aromatic carbocycles. The van der Waals surface area contributed by atoms with E-state index in [0.717, 1.165) is 18.4 Å². The van der Waals surface area contributed by atoms with Crippen molar-refractivity contribution >= 4 is 0 Å². The molecule has 0 aromatic rings. The second-order valence-electron chi connectivity index (χ2n) is 8.81. The van der Waals surface area contributed by atoms with Crippen LogP contribution >= 0.6 is 0 Å². The van der Waals surface area contributed by atoms with E-state index in [4.69, 9.17) is 9.47 Å². The zero-order valence-corrected chi connectivity index (χ0v) is 14.7. The molecule has 0 amide bonds. The van der Waals surface area contributed by atoms with Crippen LogP contribution in [0.5, 0.6) is 0 Å². The van der Waals surface area contributed by atoms with Crippen LogP contribution < -0.4 is 0 Å². The Morgan fingerprint density at radius 1 is 1.26 bits per heavy atom. The summed E-state index contributed by atoms with van der Waals surface area (Å²) in [5.41, 5.74) is 1.70. The van der Waals surface area contributed by atoms with Gasteiger partial charge < -0.3 is 14.6 Å². The second kappa shape index (κ2) is 4.93. The summed E-state index contributed by atoms with van der Waals surface area (Å²) in [6.07, 6.45) is 4.63. The van der Waals surface area contributed by atoms with Crippen LogP contribution in [0, 0.1) is 23.7 Å². The number of aliphatic hydroxyl groups is 1. The average molecular weight is 318 g/mol. The molecule has 0 unspecified atom stereocenters. The standard InChI is InChI=1S/C20H30O3/c1-11(2)14-7-6-12(3)16-15-10-13(4)20(21)9-8-19(5,23-20)18(22-15)17(14)16/h11,14-18,21H,3-4,6-10H2,1-2,5H3/t14-,15-,16-,17-,18-,19-,20+/m1/s1. The van der Waals surface area contributed by atoms with Crippen LogP contribution in [0.25, 0.3) is 0 Å². The summed E-state index contributed by atoms with van der Waals surface area (Å²) in [5.74, 6) is 0.965. The van der Waals surface area contributed by atoms with Gasteiger partial charge in [-0.25, -0.2) is 0 Å². The molecule has 4 bridgehead atoms. The Bertz CT molecular complexity index is 553. The lowest BCUT2D eigenvalue weighted by molar-refractivity contribution is -0.241. The fourth-order valence-electron chi connectivity index (χ4n) is 5.80. The molecule has 3 heterocycles. The Morgan fingerprint density at radius 3 is 2.70 bits per heavy atom. The van der Waals surface area contributed by atoms with E-state index < -0.39 is 11.4 Å².